The number of carbonyl (C=O) groups is 1. The fourth-order valence-corrected chi connectivity index (χ4v) is 2.82. The van der Waals surface area contributed by atoms with Gasteiger partial charge in [-0.2, -0.15) is 0 Å². The Balaban J connectivity index is 4.38. The van der Waals surface area contributed by atoms with Gasteiger partial charge in [0.2, 0.25) is 0 Å². The number of carbonyl (C=O) groups excluding carboxylic acids is 1. The molecule has 0 saturated heterocycles. The minimum atomic E-state index is -0.304. The van der Waals surface area contributed by atoms with Gasteiger partial charge in [0.1, 0.15) is 10.2 Å². The van der Waals surface area contributed by atoms with Crippen LogP contribution in [0.1, 0.15) is 88.5 Å². The van der Waals surface area contributed by atoms with Gasteiger partial charge in [-0.05, 0) is 73.5 Å². The summed E-state index contributed by atoms with van der Waals surface area (Å²) >= 11 is 2.33. The van der Waals surface area contributed by atoms with E-state index in [1.54, 1.807) is 0 Å². The first kappa shape index (κ1) is 27.1. The van der Waals surface area contributed by atoms with Gasteiger partial charge in [0.05, 0.1) is 24.7 Å². The first-order valence-corrected chi connectivity index (χ1v) is 11.2. The Bertz CT molecular complexity index is 444. The molecule has 5 heteroatoms. The lowest BCUT2D eigenvalue weighted by Gasteiger charge is -2.34. The highest BCUT2D eigenvalue weighted by atomic mass is 127. The van der Waals surface area contributed by atoms with E-state index in [0.29, 0.717) is 19.8 Å². The zero-order chi connectivity index (χ0) is 21.5. The van der Waals surface area contributed by atoms with Crippen molar-refractivity contribution in [1.29, 1.82) is 0 Å². The minimum absolute atomic E-state index is 0.0844. The molecule has 0 radical (unpaired) electrons. The third kappa shape index (κ3) is 13.1. The van der Waals surface area contributed by atoms with E-state index in [1.807, 2.05) is 13.8 Å². The van der Waals surface area contributed by atoms with E-state index in [-0.39, 0.29) is 31.9 Å². The lowest BCUT2D eigenvalue weighted by molar-refractivity contribution is -0.157. The maximum absolute atomic E-state index is 12.6. The van der Waals surface area contributed by atoms with Crippen LogP contribution in [0, 0.1) is 16.7 Å². The molecule has 27 heavy (non-hydrogen) atoms. The first-order valence-electron chi connectivity index (χ1n) is 10.1. The van der Waals surface area contributed by atoms with Crippen LogP contribution in [-0.2, 0) is 19.0 Å². The maximum atomic E-state index is 12.6. The van der Waals surface area contributed by atoms with Crippen LogP contribution in [0.5, 0.6) is 0 Å². The SMILES string of the molecule is CCC(C)(I)OCCC(C)(C)OCCOC(=O)C(CC(C)(C)C)C(C)(C)C. The highest BCUT2D eigenvalue weighted by molar-refractivity contribution is 14.1. The second kappa shape index (κ2) is 10.8. The van der Waals surface area contributed by atoms with E-state index in [1.165, 1.54) is 0 Å². The average molecular weight is 498 g/mol. The molecule has 0 aromatic carbocycles. The molecule has 4 nitrogen and oxygen atoms in total. The largest absolute Gasteiger partial charge is 0.463 e. The highest BCUT2D eigenvalue weighted by Crippen LogP contribution is 2.36. The van der Waals surface area contributed by atoms with Crippen LogP contribution in [0.25, 0.3) is 0 Å². The summed E-state index contributed by atoms with van der Waals surface area (Å²) in [6.45, 7) is 22.4. The molecule has 0 aliphatic rings. The lowest BCUT2D eigenvalue weighted by Crippen LogP contribution is -2.35. The van der Waals surface area contributed by atoms with Crippen LogP contribution in [0.2, 0.25) is 0 Å². The molecule has 0 amide bonds. The lowest BCUT2D eigenvalue weighted by atomic mass is 9.72. The van der Waals surface area contributed by atoms with Gasteiger partial charge in [0.25, 0.3) is 0 Å². The number of rotatable bonds is 11. The molecule has 0 N–H and O–H groups in total. The number of alkyl halides is 1. The molecule has 0 aliphatic heterocycles. The Morgan fingerprint density at radius 2 is 1.44 bits per heavy atom. The van der Waals surface area contributed by atoms with Gasteiger partial charge in [0.15, 0.2) is 0 Å². The van der Waals surface area contributed by atoms with Crippen molar-refractivity contribution >= 4 is 28.6 Å². The van der Waals surface area contributed by atoms with Crippen LogP contribution < -0.4 is 0 Å². The zero-order valence-corrected chi connectivity index (χ0v) is 21.5. The van der Waals surface area contributed by atoms with Crippen LogP contribution in [-0.4, -0.2) is 35.0 Å². The fourth-order valence-electron chi connectivity index (χ4n) is 2.60. The summed E-state index contributed by atoms with van der Waals surface area (Å²) in [5, 5.41) is 0. The second-order valence-electron chi connectivity index (χ2n) is 10.5. The molecule has 0 spiro atoms. The molecule has 0 bridgehead atoms. The molecule has 0 aliphatic carbocycles. The smallest absolute Gasteiger partial charge is 0.309 e. The molecule has 0 saturated carbocycles. The normalized spacial score (nSPS) is 16.7. The molecule has 0 fully saturated rings. The van der Waals surface area contributed by atoms with Gasteiger partial charge < -0.3 is 14.2 Å². The van der Waals surface area contributed by atoms with E-state index in [2.05, 4.69) is 78.0 Å². The summed E-state index contributed by atoms with van der Waals surface area (Å²) in [5.41, 5.74) is -0.337. The predicted octanol–water partition coefficient (Wildman–Crippen LogP) is 6.39. The van der Waals surface area contributed by atoms with Gasteiger partial charge in [-0.25, -0.2) is 0 Å². The summed E-state index contributed by atoms with van der Waals surface area (Å²) in [6, 6.07) is 0. The second-order valence-corrected chi connectivity index (χ2v) is 12.8. The molecular weight excluding hydrogens is 455 g/mol. The summed E-state index contributed by atoms with van der Waals surface area (Å²) in [4.78, 5) is 12.6. The van der Waals surface area contributed by atoms with Crippen LogP contribution >= 0.6 is 22.6 Å². The van der Waals surface area contributed by atoms with Gasteiger partial charge in [-0.3, -0.25) is 4.79 Å². The number of hydrogen-bond donors (Lipinski definition) is 0. The van der Waals surface area contributed by atoms with Crippen molar-refractivity contribution in [2.45, 2.75) is 97.7 Å². The Labute approximate surface area is 181 Å². The number of hydrogen-bond acceptors (Lipinski definition) is 4. The van der Waals surface area contributed by atoms with Crippen molar-refractivity contribution in [2.24, 2.45) is 16.7 Å². The molecule has 2 unspecified atom stereocenters. The fraction of sp³-hybridized carbons (Fsp3) is 0.955. The Morgan fingerprint density at radius 3 is 1.89 bits per heavy atom. The number of ether oxygens (including phenoxy) is 3. The van der Waals surface area contributed by atoms with Gasteiger partial charge in [-0.1, -0.05) is 48.5 Å². The number of halogens is 1. The molecule has 0 heterocycles. The average Bonchev–Trinajstić information content (AvgIpc) is 2.46. The quantitative estimate of drug-likeness (QED) is 0.143. The number of esters is 1. The van der Waals surface area contributed by atoms with Gasteiger partial charge >= 0.3 is 5.97 Å². The van der Waals surface area contributed by atoms with Crippen molar-refractivity contribution < 1.29 is 19.0 Å². The molecule has 0 aromatic heterocycles. The first-order chi connectivity index (χ1) is 12.0. The van der Waals surface area contributed by atoms with Crippen molar-refractivity contribution in [1.82, 2.24) is 0 Å². The third-order valence-electron chi connectivity index (χ3n) is 4.71. The van der Waals surface area contributed by atoms with E-state index in [0.717, 1.165) is 19.3 Å². The summed E-state index contributed by atoms with van der Waals surface area (Å²) in [6.07, 6.45) is 2.58. The Kier molecular flexibility index (Phi) is 10.8. The van der Waals surface area contributed by atoms with Crippen molar-refractivity contribution in [3.63, 3.8) is 0 Å². The monoisotopic (exact) mass is 498 g/mol. The summed E-state index contributed by atoms with van der Waals surface area (Å²) < 4.78 is 17.3. The maximum Gasteiger partial charge on any atom is 0.309 e. The van der Waals surface area contributed by atoms with Crippen molar-refractivity contribution in [2.75, 3.05) is 19.8 Å². The molecule has 0 aromatic rings. The van der Waals surface area contributed by atoms with E-state index in [4.69, 9.17) is 14.2 Å². The Hall–Kier alpha value is 0.120. The summed E-state index contributed by atoms with van der Waals surface area (Å²) in [7, 11) is 0. The van der Waals surface area contributed by atoms with Crippen LogP contribution in [0.3, 0.4) is 0 Å². The zero-order valence-electron chi connectivity index (χ0n) is 19.3. The van der Waals surface area contributed by atoms with Crippen LogP contribution in [0.4, 0.5) is 0 Å². The van der Waals surface area contributed by atoms with Crippen molar-refractivity contribution in [3.8, 4) is 0 Å². The van der Waals surface area contributed by atoms with Gasteiger partial charge in [-0.15, -0.1) is 0 Å². The predicted molar refractivity (Wildman–Crippen MR) is 121 cm³/mol. The van der Waals surface area contributed by atoms with Crippen LogP contribution in [0.15, 0.2) is 0 Å². The Morgan fingerprint density at radius 1 is 0.889 bits per heavy atom. The van der Waals surface area contributed by atoms with E-state index in [9.17, 15) is 4.79 Å². The molecule has 0 rings (SSSR count). The van der Waals surface area contributed by atoms with E-state index < -0.39 is 0 Å². The molecule has 162 valence electrons. The van der Waals surface area contributed by atoms with Gasteiger partial charge in [0, 0.05) is 0 Å². The molecule has 2 atom stereocenters. The topological polar surface area (TPSA) is 44.8 Å². The van der Waals surface area contributed by atoms with E-state index >= 15 is 0 Å². The molecular formula is C22H43IO4. The summed E-state index contributed by atoms with van der Waals surface area (Å²) in [5.74, 6) is -0.236. The third-order valence-corrected chi connectivity index (χ3v) is 5.78. The highest BCUT2D eigenvalue weighted by Gasteiger charge is 2.35. The standard InChI is InChI=1S/C22H43IO4/c1-11-22(10,23)27-13-12-21(8,9)26-15-14-25-18(24)17(20(5,6)7)16-19(2,3)4/h17H,11-16H2,1-10H3. The minimum Gasteiger partial charge on any atom is -0.463 e. The van der Waals surface area contributed by atoms with Crippen molar-refractivity contribution in [3.05, 3.63) is 0 Å².